The third kappa shape index (κ3) is 5.21. The minimum atomic E-state index is -0.147. The second-order valence-electron chi connectivity index (χ2n) is 9.42. The Balaban J connectivity index is 1.28. The molecule has 1 aliphatic heterocycles. The number of H-pyrrole nitrogens is 1. The highest BCUT2D eigenvalue weighted by atomic mass is 16.5. The summed E-state index contributed by atoms with van der Waals surface area (Å²) in [7, 11) is 0. The van der Waals surface area contributed by atoms with Gasteiger partial charge in [-0.25, -0.2) is 0 Å². The lowest BCUT2D eigenvalue weighted by Crippen LogP contribution is -2.38. The Kier molecular flexibility index (Phi) is 7.21. The van der Waals surface area contributed by atoms with Gasteiger partial charge in [0.2, 0.25) is 0 Å². The van der Waals surface area contributed by atoms with Crippen LogP contribution in [0.3, 0.4) is 0 Å². The summed E-state index contributed by atoms with van der Waals surface area (Å²) >= 11 is 0. The Bertz CT molecular complexity index is 1420. The van der Waals surface area contributed by atoms with Gasteiger partial charge in [-0.1, -0.05) is 30.3 Å². The lowest BCUT2D eigenvalue weighted by atomic mass is 9.89. The quantitative estimate of drug-likeness (QED) is 0.367. The number of amides is 2. The first kappa shape index (κ1) is 24.6. The van der Waals surface area contributed by atoms with Gasteiger partial charge in [0.25, 0.3) is 11.8 Å². The first-order chi connectivity index (χ1) is 18.0. The largest absolute Gasteiger partial charge is 0.494 e. The van der Waals surface area contributed by atoms with E-state index in [0.29, 0.717) is 37.4 Å². The number of aromatic nitrogens is 2. The second-order valence-corrected chi connectivity index (χ2v) is 9.42. The van der Waals surface area contributed by atoms with E-state index in [1.54, 1.807) is 0 Å². The molecule has 0 saturated carbocycles. The Labute approximate surface area is 216 Å². The molecule has 2 N–H and O–H groups in total. The van der Waals surface area contributed by atoms with Crippen LogP contribution in [0.2, 0.25) is 0 Å². The number of aromatic amines is 1. The highest BCUT2D eigenvalue weighted by molar-refractivity contribution is 6.05. The standard InChI is InChI=1S/C30H32N4O3/c1-3-37-26-10-5-4-7-23(26)19-32-29(35)24-12-11-20(2)33-28(24)22-14-17-34(18-15-22)30(36)25-9-6-8-21-13-16-31-27(21)25/h4-13,16,22,31H,3,14-15,17-19H2,1-2H3,(H,32,35). The van der Waals surface area contributed by atoms with E-state index in [2.05, 4.69) is 10.3 Å². The summed E-state index contributed by atoms with van der Waals surface area (Å²) in [6.45, 7) is 6.08. The minimum absolute atomic E-state index is 0.0367. The van der Waals surface area contributed by atoms with Crippen molar-refractivity contribution in [2.75, 3.05) is 19.7 Å². The molecule has 7 nitrogen and oxygen atoms in total. The van der Waals surface area contributed by atoms with Crippen molar-refractivity contribution in [1.29, 1.82) is 0 Å². The number of carbonyl (C=O) groups excluding carboxylic acids is 2. The number of piperidine rings is 1. The molecule has 0 bridgehead atoms. The van der Waals surface area contributed by atoms with E-state index in [9.17, 15) is 9.59 Å². The van der Waals surface area contributed by atoms with Gasteiger partial charge in [-0.2, -0.15) is 0 Å². The summed E-state index contributed by atoms with van der Waals surface area (Å²) in [5, 5.41) is 4.08. The zero-order valence-electron chi connectivity index (χ0n) is 21.3. The van der Waals surface area contributed by atoms with Crippen molar-refractivity contribution >= 4 is 22.7 Å². The molecule has 0 spiro atoms. The number of likely N-dealkylation sites (tertiary alicyclic amines) is 1. The molecule has 37 heavy (non-hydrogen) atoms. The lowest BCUT2D eigenvalue weighted by Gasteiger charge is -2.32. The summed E-state index contributed by atoms with van der Waals surface area (Å²) in [6, 6.07) is 19.3. The van der Waals surface area contributed by atoms with E-state index in [0.717, 1.165) is 46.4 Å². The Morgan fingerprint density at radius 3 is 2.65 bits per heavy atom. The van der Waals surface area contributed by atoms with Crippen molar-refractivity contribution in [1.82, 2.24) is 20.2 Å². The number of benzene rings is 2. The fourth-order valence-electron chi connectivity index (χ4n) is 5.09. The Morgan fingerprint density at radius 2 is 1.84 bits per heavy atom. The molecule has 1 saturated heterocycles. The van der Waals surface area contributed by atoms with Gasteiger partial charge in [-0.15, -0.1) is 0 Å². The smallest absolute Gasteiger partial charge is 0.255 e. The second kappa shape index (κ2) is 10.9. The molecule has 0 atom stereocenters. The number of nitrogens with one attached hydrogen (secondary N) is 2. The van der Waals surface area contributed by atoms with Crippen LogP contribution in [0.15, 0.2) is 66.9 Å². The number of carbonyl (C=O) groups is 2. The van der Waals surface area contributed by atoms with Crippen LogP contribution in [0.4, 0.5) is 0 Å². The summed E-state index contributed by atoms with van der Waals surface area (Å²) in [6.07, 6.45) is 3.38. The fraction of sp³-hybridized carbons (Fsp3) is 0.300. The van der Waals surface area contributed by atoms with Crippen molar-refractivity contribution in [3.05, 3.63) is 94.9 Å². The molecule has 2 amide bonds. The molecule has 5 rings (SSSR count). The van der Waals surface area contributed by atoms with E-state index in [1.165, 1.54) is 0 Å². The SMILES string of the molecule is CCOc1ccccc1CNC(=O)c1ccc(C)nc1C1CCN(C(=O)c2cccc3cc[nH]c23)CC1. The lowest BCUT2D eigenvalue weighted by molar-refractivity contribution is 0.0712. The zero-order valence-corrected chi connectivity index (χ0v) is 21.3. The summed E-state index contributed by atoms with van der Waals surface area (Å²) in [4.78, 5) is 36.4. The number of hydrogen-bond acceptors (Lipinski definition) is 4. The molecule has 4 aromatic rings. The molecular formula is C30H32N4O3. The third-order valence-electron chi connectivity index (χ3n) is 7.01. The van der Waals surface area contributed by atoms with Crippen LogP contribution in [0.1, 0.15) is 63.4 Å². The average molecular weight is 497 g/mol. The van der Waals surface area contributed by atoms with Gasteiger partial charge in [0.15, 0.2) is 0 Å². The van der Waals surface area contributed by atoms with Crippen molar-refractivity contribution in [2.45, 2.75) is 39.2 Å². The molecule has 0 unspecified atom stereocenters. The maximum Gasteiger partial charge on any atom is 0.255 e. The van der Waals surface area contributed by atoms with Crippen molar-refractivity contribution < 1.29 is 14.3 Å². The molecule has 190 valence electrons. The van der Waals surface area contributed by atoms with Gasteiger partial charge >= 0.3 is 0 Å². The number of hydrogen-bond donors (Lipinski definition) is 2. The van der Waals surface area contributed by atoms with Crippen molar-refractivity contribution in [3.63, 3.8) is 0 Å². The van der Waals surface area contributed by atoms with Gasteiger partial charge in [0.1, 0.15) is 5.75 Å². The summed E-state index contributed by atoms with van der Waals surface area (Å²) < 4.78 is 5.69. The van der Waals surface area contributed by atoms with Crippen LogP contribution in [0.25, 0.3) is 10.9 Å². The number of fused-ring (bicyclic) bond motifs is 1. The van der Waals surface area contributed by atoms with Crippen molar-refractivity contribution in [3.8, 4) is 5.75 Å². The molecule has 3 heterocycles. The van der Waals surface area contributed by atoms with Gasteiger partial charge in [0.05, 0.1) is 28.9 Å². The predicted octanol–water partition coefficient (Wildman–Crippen LogP) is 5.22. The number of para-hydroxylation sites is 2. The van der Waals surface area contributed by atoms with E-state index in [1.807, 2.05) is 85.6 Å². The zero-order chi connectivity index (χ0) is 25.8. The van der Waals surface area contributed by atoms with E-state index in [4.69, 9.17) is 9.72 Å². The number of aryl methyl sites for hydroxylation is 1. The first-order valence-electron chi connectivity index (χ1n) is 12.9. The number of pyridine rings is 1. The van der Waals surface area contributed by atoms with Crippen LogP contribution in [0, 0.1) is 6.92 Å². The molecule has 0 aliphatic carbocycles. The number of nitrogens with zero attached hydrogens (tertiary/aromatic N) is 2. The molecule has 7 heteroatoms. The molecule has 2 aromatic carbocycles. The van der Waals surface area contributed by atoms with Gasteiger partial charge < -0.3 is 19.9 Å². The fourth-order valence-corrected chi connectivity index (χ4v) is 5.09. The van der Waals surface area contributed by atoms with Crippen LogP contribution in [-0.4, -0.2) is 46.4 Å². The van der Waals surface area contributed by atoms with Crippen LogP contribution in [-0.2, 0) is 6.54 Å². The number of rotatable bonds is 7. The molecule has 2 aromatic heterocycles. The first-order valence-corrected chi connectivity index (χ1v) is 12.9. The molecule has 1 aliphatic rings. The maximum atomic E-state index is 13.3. The normalized spacial score (nSPS) is 14.1. The third-order valence-corrected chi connectivity index (χ3v) is 7.01. The highest BCUT2D eigenvalue weighted by Gasteiger charge is 2.29. The van der Waals surface area contributed by atoms with Crippen LogP contribution < -0.4 is 10.1 Å². The summed E-state index contributed by atoms with van der Waals surface area (Å²) in [5.74, 6) is 0.779. The molecular weight excluding hydrogens is 464 g/mol. The van der Waals surface area contributed by atoms with E-state index >= 15 is 0 Å². The monoisotopic (exact) mass is 496 g/mol. The van der Waals surface area contributed by atoms with Gasteiger partial charge in [0, 0.05) is 48.4 Å². The Morgan fingerprint density at radius 1 is 1.03 bits per heavy atom. The maximum absolute atomic E-state index is 13.3. The average Bonchev–Trinajstić information content (AvgIpc) is 3.41. The van der Waals surface area contributed by atoms with Crippen molar-refractivity contribution in [2.24, 2.45) is 0 Å². The molecule has 1 fully saturated rings. The highest BCUT2D eigenvalue weighted by Crippen LogP contribution is 2.31. The van der Waals surface area contributed by atoms with E-state index in [-0.39, 0.29) is 17.7 Å². The van der Waals surface area contributed by atoms with Crippen LogP contribution >= 0.6 is 0 Å². The molecule has 0 radical (unpaired) electrons. The number of ether oxygens (including phenoxy) is 1. The van der Waals surface area contributed by atoms with Crippen LogP contribution in [0.5, 0.6) is 5.75 Å². The topological polar surface area (TPSA) is 87.3 Å². The van der Waals surface area contributed by atoms with Gasteiger partial charge in [-0.05, 0) is 57.0 Å². The van der Waals surface area contributed by atoms with E-state index < -0.39 is 0 Å². The minimum Gasteiger partial charge on any atom is -0.494 e. The summed E-state index contributed by atoms with van der Waals surface area (Å²) in [5.41, 5.74) is 4.80. The van der Waals surface area contributed by atoms with Gasteiger partial charge in [-0.3, -0.25) is 14.6 Å². The Hall–Kier alpha value is -4.13. The predicted molar refractivity (Wildman–Crippen MR) is 144 cm³/mol.